The molecule has 7 nitrogen and oxygen atoms in total. The number of hydrogen-bond acceptors (Lipinski definition) is 5. The summed E-state index contributed by atoms with van der Waals surface area (Å²) in [5, 5.41) is 19.8. The van der Waals surface area contributed by atoms with Crippen molar-refractivity contribution in [1.29, 1.82) is 0 Å². The van der Waals surface area contributed by atoms with Gasteiger partial charge in [0.2, 0.25) is 5.88 Å². The number of nitrogens with one attached hydrogen (secondary N) is 1. The number of amides is 1. The monoisotopic (exact) mass is 254 g/mol. The Kier molecular flexibility index (Phi) is 5.06. The first-order valence-corrected chi connectivity index (χ1v) is 5.23. The third kappa shape index (κ3) is 3.70. The van der Waals surface area contributed by atoms with Crippen LogP contribution >= 0.6 is 0 Å². The number of aliphatic carboxylic acids is 1. The zero-order chi connectivity index (χ0) is 13.5. The van der Waals surface area contributed by atoms with E-state index in [0.29, 0.717) is 5.88 Å². The van der Waals surface area contributed by atoms with Crippen LogP contribution in [0.25, 0.3) is 0 Å². The molecular weight excluding hydrogens is 240 g/mol. The molecule has 0 saturated heterocycles. The standard InChI is InChI=1S/C11H14N2O5/c1-18-9-3-2-7(6-12-9)10(15)13-8(4-5-14)11(16)17/h2-3,6,8,14H,4-5H2,1H3,(H,13,15)(H,16,17)/t8-/m1/s1. The van der Waals surface area contributed by atoms with Gasteiger partial charge < -0.3 is 20.3 Å². The van der Waals surface area contributed by atoms with Gasteiger partial charge >= 0.3 is 5.97 Å². The highest BCUT2D eigenvalue weighted by Crippen LogP contribution is 2.07. The van der Waals surface area contributed by atoms with Gasteiger partial charge in [0.25, 0.3) is 5.91 Å². The minimum atomic E-state index is -1.20. The average Bonchev–Trinajstić information content (AvgIpc) is 2.38. The Balaban J connectivity index is 2.70. The zero-order valence-corrected chi connectivity index (χ0v) is 9.79. The molecule has 0 unspecified atom stereocenters. The number of ether oxygens (including phenoxy) is 1. The fourth-order valence-corrected chi connectivity index (χ4v) is 1.26. The third-order valence-electron chi connectivity index (χ3n) is 2.23. The highest BCUT2D eigenvalue weighted by atomic mass is 16.5. The van der Waals surface area contributed by atoms with Crippen LogP contribution in [0.5, 0.6) is 5.88 Å². The van der Waals surface area contributed by atoms with Crippen molar-refractivity contribution in [2.45, 2.75) is 12.5 Å². The molecule has 0 bridgehead atoms. The maximum atomic E-state index is 11.7. The molecule has 0 saturated carbocycles. The molecule has 3 N–H and O–H groups in total. The van der Waals surface area contributed by atoms with E-state index in [1.165, 1.54) is 25.4 Å². The van der Waals surface area contributed by atoms with Crippen LogP contribution in [0.3, 0.4) is 0 Å². The molecule has 0 spiro atoms. The summed E-state index contributed by atoms with van der Waals surface area (Å²) in [6.07, 6.45) is 1.23. The van der Waals surface area contributed by atoms with Crippen molar-refractivity contribution in [3.05, 3.63) is 23.9 Å². The number of nitrogens with zero attached hydrogens (tertiary/aromatic N) is 1. The summed E-state index contributed by atoms with van der Waals surface area (Å²) >= 11 is 0. The van der Waals surface area contributed by atoms with E-state index in [9.17, 15) is 9.59 Å². The first-order chi connectivity index (χ1) is 8.58. The molecule has 1 atom stereocenters. The van der Waals surface area contributed by atoms with E-state index >= 15 is 0 Å². The van der Waals surface area contributed by atoms with E-state index in [1.54, 1.807) is 0 Å². The first-order valence-electron chi connectivity index (χ1n) is 5.23. The summed E-state index contributed by atoms with van der Waals surface area (Å²) in [5.41, 5.74) is 0.222. The second-order valence-corrected chi connectivity index (χ2v) is 3.47. The van der Waals surface area contributed by atoms with E-state index in [4.69, 9.17) is 14.9 Å². The molecule has 7 heteroatoms. The molecule has 0 aromatic carbocycles. The fourth-order valence-electron chi connectivity index (χ4n) is 1.26. The maximum absolute atomic E-state index is 11.7. The fraction of sp³-hybridized carbons (Fsp3) is 0.364. The number of hydrogen-bond donors (Lipinski definition) is 3. The Morgan fingerprint density at radius 1 is 1.50 bits per heavy atom. The van der Waals surface area contributed by atoms with Gasteiger partial charge in [-0.2, -0.15) is 0 Å². The van der Waals surface area contributed by atoms with Gasteiger partial charge in [-0.3, -0.25) is 4.79 Å². The maximum Gasteiger partial charge on any atom is 0.326 e. The first kappa shape index (κ1) is 13.9. The quantitative estimate of drug-likeness (QED) is 0.640. The van der Waals surface area contributed by atoms with Crippen LogP contribution in [0, 0.1) is 0 Å². The normalized spacial score (nSPS) is 11.7. The summed E-state index contributed by atoms with van der Waals surface area (Å²) in [4.78, 5) is 26.3. The smallest absolute Gasteiger partial charge is 0.326 e. The lowest BCUT2D eigenvalue weighted by Crippen LogP contribution is -2.41. The molecular formula is C11H14N2O5. The topological polar surface area (TPSA) is 109 Å². The molecule has 0 aliphatic heterocycles. The molecule has 1 aromatic heterocycles. The molecule has 0 fully saturated rings. The Labute approximate surface area is 103 Å². The van der Waals surface area contributed by atoms with Crippen LogP contribution in [0.1, 0.15) is 16.8 Å². The molecule has 0 aliphatic carbocycles. The van der Waals surface area contributed by atoms with Crippen LogP contribution in [0.4, 0.5) is 0 Å². The molecule has 1 rings (SSSR count). The van der Waals surface area contributed by atoms with Crippen molar-refractivity contribution in [2.24, 2.45) is 0 Å². The van der Waals surface area contributed by atoms with Crippen LogP contribution < -0.4 is 10.1 Å². The SMILES string of the molecule is COc1ccc(C(=O)N[C@H](CCO)C(=O)O)cn1. The number of aliphatic hydroxyl groups excluding tert-OH is 1. The predicted molar refractivity (Wildman–Crippen MR) is 61.4 cm³/mol. The Hall–Kier alpha value is -2.15. The number of carbonyl (C=O) groups is 2. The molecule has 1 amide bonds. The number of rotatable bonds is 6. The molecule has 1 heterocycles. The minimum Gasteiger partial charge on any atom is -0.481 e. The molecule has 0 aliphatic rings. The van der Waals surface area contributed by atoms with E-state index in [0.717, 1.165) is 0 Å². The molecule has 0 radical (unpaired) electrons. The van der Waals surface area contributed by atoms with Crippen LogP contribution in [-0.4, -0.2) is 46.8 Å². The van der Waals surface area contributed by atoms with Gasteiger partial charge in [0.15, 0.2) is 0 Å². The van der Waals surface area contributed by atoms with Crippen LogP contribution in [0.2, 0.25) is 0 Å². The second-order valence-electron chi connectivity index (χ2n) is 3.47. The van der Waals surface area contributed by atoms with Crippen molar-refractivity contribution in [1.82, 2.24) is 10.3 Å². The van der Waals surface area contributed by atoms with Gasteiger partial charge in [0.05, 0.1) is 12.7 Å². The lowest BCUT2D eigenvalue weighted by atomic mass is 10.2. The van der Waals surface area contributed by atoms with E-state index in [1.807, 2.05) is 0 Å². The van der Waals surface area contributed by atoms with E-state index in [-0.39, 0.29) is 18.6 Å². The van der Waals surface area contributed by atoms with Crippen molar-refractivity contribution in [3.63, 3.8) is 0 Å². The van der Waals surface area contributed by atoms with Gasteiger partial charge in [0, 0.05) is 25.3 Å². The highest BCUT2D eigenvalue weighted by molar-refractivity contribution is 5.96. The minimum absolute atomic E-state index is 0.0509. The molecule has 1 aromatic rings. The summed E-state index contributed by atoms with van der Waals surface area (Å²) in [6.45, 7) is -0.321. The van der Waals surface area contributed by atoms with Gasteiger partial charge in [-0.25, -0.2) is 9.78 Å². The number of carbonyl (C=O) groups excluding carboxylic acids is 1. The Morgan fingerprint density at radius 2 is 2.22 bits per heavy atom. The summed E-state index contributed by atoms with van der Waals surface area (Å²) < 4.78 is 4.84. The Morgan fingerprint density at radius 3 is 2.67 bits per heavy atom. The summed E-state index contributed by atoms with van der Waals surface area (Å²) in [5.74, 6) is -1.40. The van der Waals surface area contributed by atoms with Crippen molar-refractivity contribution >= 4 is 11.9 Å². The number of methoxy groups -OCH3 is 1. The predicted octanol–water partition coefficient (Wildman–Crippen LogP) is -0.344. The number of pyridine rings is 1. The van der Waals surface area contributed by atoms with Crippen LogP contribution in [-0.2, 0) is 4.79 Å². The molecule has 98 valence electrons. The Bertz CT molecular complexity index is 418. The number of carboxylic acids is 1. The average molecular weight is 254 g/mol. The highest BCUT2D eigenvalue weighted by Gasteiger charge is 2.20. The summed E-state index contributed by atoms with van der Waals surface area (Å²) in [6, 6.07) is 1.85. The second kappa shape index (κ2) is 6.55. The lowest BCUT2D eigenvalue weighted by molar-refractivity contribution is -0.139. The van der Waals surface area contributed by atoms with Crippen LogP contribution in [0.15, 0.2) is 18.3 Å². The number of aliphatic hydroxyl groups is 1. The van der Waals surface area contributed by atoms with Gasteiger partial charge in [-0.15, -0.1) is 0 Å². The van der Waals surface area contributed by atoms with E-state index in [2.05, 4.69) is 10.3 Å². The van der Waals surface area contributed by atoms with E-state index < -0.39 is 17.9 Å². The lowest BCUT2D eigenvalue weighted by Gasteiger charge is -2.13. The number of carboxylic acid groups (broad SMARTS) is 1. The summed E-state index contributed by atoms with van der Waals surface area (Å²) in [7, 11) is 1.45. The molecule has 18 heavy (non-hydrogen) atoms. The van der Waals surface area contributed by atoms with Crippen molar-refractivity contribution in [3.8, 4) is 5.88 Å². The number of aromatic nitrogens is 1. The van der Waals surface area contributed by atoms with Gasteiger partial charge in [-0.05, 0) is 6.07 Å². The zero-order valence-electron chi connectivity index (χ0n) is 9.79. The van der Waals surface area contributed by atoms with Gasteiger partial charge in [0.1, 0.15) is 6.04 Å². The largest absolute Gasteiger partial charge is 0.481 e. The van der Waals surface area contributed by atoms with Crippen molar-refractivity contribution < 1.29 is 24.5 Å². The van der Waals surface area contributed by atoms with Gasteiger partial charge in [-0.1, -0.05) is 0 Å². The third-order valence-corrected chi connectivity index (χ3v) is 2.23. The van der Waals surface area contributed by atoms with Crippen molar-refractivity contribution in [2.75, 3.05) is 13.7 Å².